The van der Waals surface area contributed by atoms with Crippen LogP contribution in [0.15, 0.2) is 0 Å². The lowest BCUT2D eigenvalue weighted by Crippen LogP contribution is -2.69. The van der Waals surface area contributed by atoms with Gasteiger partial charge in [-0.15, -0.1) is 46.4 Å². The molecule has 22 heavy (non-hydrogen) atoms. The molecule has 0 aromatic carbocycles. The smallest absolute Gasteiger partial charge is 0.154 e. The van der Waals surface area contributed by atoms with Crippen LogP contribution in [0.25, 0.3) is 0 Å². The van der Waals surface area contributed by atoms with Crippen molar-refractivity contribution in [2.75, 3.05) is 0 Å². The molecular formula is C14H8Cl6O2. The van der Waals surface area contributed by atoms with Crippen molar-refractivity contribution in [3.8, 4) is 0 Å². The maximum absolute atomic E-state index is 13.1. The lowest BCUT2D eigenvalue weighted by atomic mass is 9.51. The second kappa shape index (κ2) is 2.91. The summed E-state index contributed by atoms with van der Waals surface area (Å²) < 4.78 is -1.40. The van der Waals surface area contributed by atoms with E-state index in [0.29, 0.717) is 0 Å². The summed E-state index contributed by atoms with van der Waals surface area (Å²) >= 11 is 40.7. The van der Waals surface area contributed by atoms with Gasteiger partial charge >= 0.3 is 0 Å². The number of fused-ring (bicyclic) bond motifs is 1. The molecule has 2 nitrogen and oxygen atoms in total. The Labute approximate surface area is 156 Å². The molecule has 6 aliphatic carbocycles. The fourth-order valence-corrected chi connectivity index (χ4v) is 12.7. The Kier molecular flexibility index (Phi) is 1.89. The van der Waals surface area contributed by atoms with E-state index in [-0.39, 0.29) is 17.5 Å². The normalized spacial score (nSPS) is 77.0. The summed E-state index contributed by atoms with van der Waals surface area (Å²) in [4.78, 5) is 22.6. The SMILES string of the molecule is CC1C23C(=O)C4C(C2=O)C2(Cl)C4C3(Cl)C3(C2Cl)C(Cl)(Cl)C13Cl. The Bertz CT molecular complexity index is 768. The molecule has 6 rings (SSSR count). The molecule has 8 heteroatoms. The van der Waals surface area contributed by atoms with Crippen LogP contribution < -0.4 is 0 Å². The van der Waals surface area contributed by atoms with Gasteiger partial charge in [-0.2, -0.15) is 0 Å². The average Bonchev–Trinajstić information content (AvgIpc) is 2.56. The van der Waals surface area contributed by atoms with Crippen LogP contribution in [0.2, 0.25) is 0 Å². The topological polar surface area (TPSA) is 34.1 Å². The summed E-state index contributed by atoms with van der Waals surface area (Å²) in [5, 5.41) is -0.734. The lowest BCUT2D eigenvalue weighted by molar-refractivity contribution is -0.146. The Hall–Kier alpha value is 1.08. The molecule has 6 aliphatic rings. The molecule has 2 bridgehead atoms. The molecule has 10 unspecified atom stereocenters. The third-order valence-electron chi connectivity index (χ3n) is 8.09. The van der Waals surface area contributed by atoms with Crippen molar-refractivity contribution in [1.29, 1.82) is 0 Å². The molecule has 10 atom stereocenters. The van der Waals surface area contributed by atoms with E-state index >= 15 is 0 Å². The zero-order chi connectivity index (χ0) is 16.0. The van der Waals surface area contributed by atoms with Crippen LogP contribution >= 0.6 is 69.6 Å². The van der Waals surface area contributed by atoms with Crippen molar-refractivity contribution in [2.24, 2.45) is 34.5 Å². The molecule has 118 valence electrons. The molecule has 0 amide bonds. The number of hydrogen-bond acceptors (Lipinski definition) is 2. The van der Waals surface area contributed by atoms with Crippen LogP contribution in [0.4, 0.5) is 0 Å². The maximum atomic E-state index is 13.1. The zero-order valence-electron chi connectivity index (χ0n) is 11.0. The van der Waals surface area contributed by atoms with Gasteiger partial charge in [0.2, 0.25) is 0 Å². The number of halogens is 6. The minimum Gasteiger partial charge on any atom is -0.298 e. The van der Waals surface area contributed by atoms with Gasteiger partial charge in [0.1, 0.15) is 9.75 Å². The van der Waals surface area contributed by atoms with Crippen LogP contribution in [0, 0.1) is 34.5 Å². The maximum Gasteiger partial charge on any atom is 0.154 e. The number of Topliss-reactive ketones (excluding diaryl/α,β-unsaturated/α-hetero) is 2. The highest BCUT2D eigenvalue weighted by Gasteiger charge is 3.17. The summed E-state index contributed by atoms with van der Waals surface area (Å²) in [7, 11) is 0. The van der Waals surface area contributed by atoms with Crippen molar-refractivity contribution < 1.29 is 9.59 Å². The van der Waals surface area contributed by atoms with Gasteiger partial charge < -0.3 is 0 Å². The summed E-state index contributed by atoms with van der Waals surface area (Å²) in [6.07, 6.45) is 0. The highest BCUT2D eigenvalue weighted by atomic mass is 35.5. The van der Waals surface area contributed by atoms with Gasteiger partial charge in [-0.25, -0.2) is 0 Å². The van der Waals surface area contributed by atoms with Gasteiger partial charge in [0.25, 0.3) is 0 Å². The van der Waals surface area contributed by atoms with Gasteiger partial charge in [0.05, 0.1) is 25.4 Å². The fraction of sp³-hybridized carbons (Fsp3) is 0.857. The summed E-state index contributed by atoms with van der Waals surface area (Å²) in [6.45, 7) is 1.76. The summed E-state index contributed by atoms with van der Waals surface area (Å²) in [6, 6.07) is 0. The molecule has 0 aliphatic heterocycles. The average molecular weight is 421 g/mol. The van der Waals surface area contributed by atoms with Crippen molar-refractivity contribution in [2.45, 2.75) is 31.3 Å². The first-order chi connectivity index (χ1) is 9.99. The summed E-state index contributed by atoms with van der Waals surface area (Å²) in [5.74, 6) is -2.28. The van der Waals surface area contributed by atoms with Gasteiger partial charge in [-0.1, -0.05) is 30.1 Å². The van der Waals surface area contributed by atoms with E-state index in [4.69, 9.17) is 69.6 Å². The number of ketones is 2. The van der Waals surface area contributed by atoms with Crippen LogP contribution in [-0.4, -0.2) is 35.9 Å². The monoisotopic (exact) mass is 418 g/mol. The number of carbonyl (C=O) groups is 2. The largest absolute Gasteiger partial charge is 0.298 e. The second-order valence-corrected chi connectivity index (χ2v) is 11.3. The van der Waals surface area contributed by atoms with E-state index in [9.17, 15) is 9.59 Å². The quantitative estimate of drug-likeness (QED) is 0.444. The Morgan fingerprint density at radius 2 is 1.55 bits per heavy atom. The molecule has 6 saturated carbocycles. The summed E-state index contributed by atoms with van der Waals surface area (Å²) in [5.41, 5.74) is -2.45. The van der Waals surface area contributed by atoms with Gasteiger partial charge in [-0.3, -0.25) is 9.59 Å². The number of rotatable bonds is 0. The fourth-order valence-electron chi connectivity index (χ4n) is 7.64. The van der Waals surface area contributed by atoms with Crippen LogP contribution in [0.3, 0.4) is 0 Å². The Morgan fingerprint density at radius 1 is 0.955 bits per heavy atom. The first-order valence-corrected chi connectivity index (χ1v) is 9.49. The minimum atomic E-state index is -1.40. The van der Waals surface area contributed by atoms with Crippen molar-refractivity contribution >= 4 is 81.2 Å². The first kappa shape index (κ1) is 14.3. The van der Waals surface area contributed by atoms with Gasteiger partial charge in [-0.05, 0) is 0 Å². The second-order valence-electron chi connectivity index (χ2n) is 7.74. The number of alkyl halides is 6. The van der Waals surface area contributed by atoms with Crippen LogP contribution in [0.5, 0.6) is 0 Å². The highest BCUT2D eigenvalue weighted by Crippen LogP contribution is 3.04. The molecule has 0 N–H and O–H groups in total. The van der Waals surface area contributed by atoms with Gasteiger partial charge in [0, 0.05) is 23.7 Å². The number of hydrogen-bond donors (Lipinski definition) is 0. The standard InChI is InChI=1S/C14H8Cl6O2/c1-2-9-6(21)3-4(7(9)22)10(16)5(3)13(9,18)11(8(10)15)12(2,17)14(11,19)20/h2-5,8H,1H3. The molecule has 0 aromatic heterocycles. The van der Waals surface area contributed by atoms with E-state index in [1.165, 1.54) is 0 Å². The third-order valence-corrected chi connectivity index (χ3v) is 12.7. The molecule has 0 heterocycles. The molecule has 6 fully saturated rings. The van der Waals surface area contributed by atoms with Crippen molar-refractivity contribution in [3.05, 3.63) is 0 Å². The van der Waals surface area contributed by atoms with E-state index in [0.717, 1.165) is 0 Å². The molecule has 0 saturated heterocycles. The lowest BCUT2D eigenvalue weighted by Gasteiger charge is -2.57. The predicted molar refractivity (Wildman–Crippen MR) is 84.3 cm³/mol. The molecular weight excluding hydrogens is 413 g/mol. The molecule has 0 radical (unpaired) electrons. The number of carbonyl (C=O) groups excluding carboxylic acids is 2. The Balaban J connectivity index is 1.84. The van der Waals surface area contributed by atoms with E-state index in [1.807, 2.05) is 0 Å². The highest BCUT2D eigenvalue weighted by molar-refractivity contribution is 6.64. The van der Waals surface area contributed by atoms with Crippen molar-refractivity contribution in [3.63, 3.8) is 0 Å². The third kappa shape index (κ3) is 0.653. The predicted octanol–water partition coefficient (Wildman–Crippen LogP) is 3.38. The van der Waals surface area contributed by atoms with E-state index < -0.39 is 52.9 Å². The minimum absolute atomic E-state index is 0.120. The Morgan fingerprint density at radius 3 is 2.14 bits per heavy atom. The van der Waals surface area contributed by atoms with Crippen LogP contribution in [-0.2, 0) is 9.59 Å². The van der Waals surface area contributed by atoms with Crippen LogP contribution in [0.1, 0.15) is 6.92 Å². The first-order valence-electron chi connectivity index (χ1n) is 7.16. The van der Waals surface area contributed by atoms with Crippen molar-refractivity contribution in [1.82, 2.24) is 0 Å². The van der Waals surface area contributed by atoms with E-state index in [1.54, 1.807) is 6.92 Å². The molecule has 2 spiro atoms. The van der Waals surface area contributed by atoms with Gasteiger partial charge in [0.15, 0.2) is 11.6 Å². The zero-order valence-corrected chi connectivity index (χ0v) is 15.5. The molecule has 0 aromatic rings. The van der Waals surface area contributed by atoms with E-state index in [2.05, 4.69) is 0 Å².